The highest BCUT2D eigenvalue weighted by molar-refractivity contribution is 5.91. The summed E-state index contributed by atoms with van der Waals surface area (Å²) in [5, 5.41) is 2.45. The van der Waals surface area contributed by atoms with Crippen molar-refractivity contribution in [3.8, 4) is 0 Å². The van der Waals surface area contributed by atoms with Gasteiger partial charge in [0.1, 0.15) is 5.41 Å². The standard InChI is InChI=1S/C28H38F3N3O/c29-27(30,31)22-33-18-11-3-1-2-4-12-19-34-20-17-25(21-34)28(26(32)35,23-13-7-5-8-14-23)24-15-9-6-10-16-24/h5-10,13-16,25,33H,1-4,11-12,17-22H2,(H2,32,35). The van der Waals surface area contributed by atoms with E-state index in [2.05, 4.69) is 10.2 Å². The number of nitrogens with zero attached hydrogens (tertiary/aromatic N) is 1. The zero-order chi connectivity index (χ0) is 25.2. The van der Waals surface area contributed by atoms with E-state index in [0.29, 0.717) is 6.54 Å². The number of hydrogen-bond acceptors (Lipinski definition) is 3. The van der Waals surface area contributed by atoms with E-state index in [1.807, 2.05) is 60.7 Å². The van der Waals surface area contributed by atoms with Crippen LogP contribution in [0.3, 0.4) is 0 Å². The smallest absolute Gasteiger partial charge is 0.369 e. The Morgan fingerprint density at radius 3 is 1.97 bits per heavy atom. The number of primary amides is 1. The molecule has 2 aromatic carbocycles. The van der Waals surface area contributed by atoms with Gasteiger partial charge >= 0.3 is 6.18 Å². The molecule has 1 atom stereocenters. The fourth-order valence-electron chi connectivity index (χ4n) is 5.44. The molecule has 1 fully saturated rings. The lowest BCUT2D eigenvalue weighted by molar-refractivity contribution is -0.125. The quantitative estimate of drug-likeness (QED) is 0.356. The number of alkyl halides is 3. The van der Waals surface area contributed by atoms with Crippen molar-refractivity contribution in [2.24, 2.45) is 11.7 Å². The minimum atomic E-state index is -4.13. The molecule has 1 aliphatic heterocycles. The van der Waals surface area contributed by atoms with Crippen molar-refractivity contribution < 1.29 is 18.0 Å². The highest BCUT2D eigenvalue weighted by atomic mass is 19.4. The molecule has 1 unspecified atom stereocenters. The summed E-state index contributed by atoms with van der Waals surface area (Å²) in [4.78, 5) is 15.6. The molecule has 4 nitrogen and oxygen atoms in total. The third-order valence-corrected chi connectivity index (χ3v) is 7.14. The number of amides is 1. The summed E-state index contributed by atoms with van der Waals surface area (Å²) in [6.07, 6.45) is 2.84. The molecular weight excluding hydrogens is 451 g/mol. The van der Waals surface area contributed by atoms with Crippen LogP contribution in [-0.2, 0) is 10.2 Å². The molecule has 0 saturated carbocycles. The van der Waals surface area contributed by atoms with Crippen LogP contribution in [0.1, 0.15) is 56.1 Å². The molecule has 1 amide bonds. The van der Waals surface area contributed by atoms with Gasteiger partial charge in [0.15, 0.2) is 0 Å². The van der Waals surface area contributed by atoms with Crippen molar-refractivity contribution >= 4 is 5.91 Å². The molecule has 1 saturated heterocycles. The van der Waals surface area contributed by atoms with Crippen molar-refractivity contribution in [1.82, 2.24) is 10.2 Å². The lowest BCUT2D eigenvalue weighted by atomic mass is 9.64. The maximum absolute atomic E-state index is 13.1. The van der Waals surface area contributed by atoms with E-state index in [4.69, 9.17) is 5.73 Å². The summed E-state index contributed by atoms with van der Waals surface area (Å²) in [7, 11) is 0. The van der Waals surface area contributed by atoms with Crippen molar-refractivity contribution in [3.63, 3.8) is 0 Å². The minimum Gasteiger partial charge on any atom is -0.369 e. The Bertz CT molecular complexity index is 850. The summed E-state index contributed by atoms with van der Waals surface area (Å²) in [6, 6.07) is 19.8. The van der Waals surface area contributed by atoms with Gasteiger partial charge in [0, 0.05) is 6.54 Å². The van der Waals surface area contributed by atoms with Gasteiger partial charge in [-0.15, -0.1) is 0 Å². The Morgan fingerprint density at radius 2 is 1.43 bits per heavy atom. The van der Waals surface area contributed by atoms with E-state index < -0.39 is 18.1 Å². The van der Waals surface area contributed by atoms with E-state index in [0.717, 1.165) is 75.7 Å². The second-order valence-corrected chi connectivity index (χ2v) is 9.60. The minimum absolute atomic E-state index is 0.106. The lowest BCUT2D eigenvalue weighted by Gasteiger charge is -2.37. The van der Waals surface area contributed by atoms with Gasteiger partial charge in [0.05, 0.1) is 6.54 Å². The van der Waals surface area contributed by atoms with Gasteiger partial charge < -0.3 is 16.0 Å². The van der Waals surface area contributed by atoms with Gasteiger partial charge in [-0.2, -0.15) is 13.2 Å². The number of nitrogens with one attached hydrogen (secondary N) is 1. The number of carbonyl (C=O) groups excluding carboxylic acids is 1. The largest absolute Gasteiger partial charge is 0.401 e. The number of rotatable bonds is 14. The Kier molecular flexibility index (Phi) is 10.2. The molecule has 0 spiro atoms. The monoisotopic (exact) mass is 489 g/mol. The Labute approximate surface area is 207 Å². The second kappa shape index (κ2) is 13.1. The molecule has 1 aliphatic rings. The number of unbranched alkanes of at least 4 members (excludes halogenated alkanes) is 5. The highest BCUT2D eigenvalue weighted by Crippen LogP contribution is 2.43. The van der Waals surface area contributed by atoms with Crippen LogP contribution in [0.2, 0.25) is 0 Å². The first-order chi connectivity index (χ1) is 16.8. The van der Waals surface area contributed by atoms with Crippen LogP contribution in [0, 0.1) is 5.92 Å². The van der Waals surface area contributed by atoms with Crippen LogP contribution >= 0.6 is 0 Å². The van der Waals surface area contributed by atoms with E-state index in [9.17, 15) is 18.0 Å². The van der Waals surface area contributed by atoms with E-state index in [-0.39, 0.29) is 11.8 Å². The molecule has 0 aliphatic carbocycles. The molecule has 192 valence electrons. The van der Waals surface area contributed by atoms with Crippen molar-refractivity contribution in [2.75, 3.05) is 32.7 Å². The predicted octanol–water partition coefficient (Wildman–Crippen LogP) is 5.27. The Morgan fingerprint density at radius 1 is 0.886 bits per heavy atom. The number of nitrogens with two attached hydrogens (primary N) is 1. The lowest BCUT2D eigenvalue weighted by Crippen LogP contribution is -2.49. The van der Waals surface area contributed by atoms with Crippen LogP contribution in [0.15, 0.2) is 60.7 Å². The summed E-state index contributed by atoms with van der Waals surface area (Å²) in [6.45, 7) is 2.28. The fourth-order valence-corrected chi connectivity index (χ4v) is 5.44. The Hall–Kier alpha value is -2.38. The molecule has 3 N–H and O–H groups in total. The van der Waals surface area contributed by atoms with Gasteiger partial charge in [0.25, 0.3) is 0 Å². The SMILES string of the molecule is NC(=O)C(c1ccccc1)(c1ccccc1)C1CCN(CCCCCCCCNCC(F)(F)F)C1. The molecule has 1 heterocycles. The maximum Gasteiger partial charge on any atom is 0.401 e. The molecule has 0 radical (unpaired) electrons. The second-order valence-electron chi connectivity index (χ2n) is 9.60. The predicted molar refractivity (Wildman–Crippen MR) is 134 cm³/mol. The summed E-state index contributed by atoms with van der Waals surface area (Å²) in [5.74, 6) is -0.194. The molecule has 35 heavy (non-hydrogen) atoms. The zero-order valence-electron chi connectivity index (χ0n) is 20.4. The molecule has 3 rings (SSSR count). The molecule has 7 heteroatoms. The van der Waals surface area contributed by atoms with Crippen molar-refractivity contribution in [1.29, 1.82) is 0 Å². The van der Waals surface area contributed by atoms with E-state index in [1.54, 1.807) is 0 Å². The molecule has 0 aromatic heterocycles. The van der Waals surface area contributed by atoms with E-state index >= 15 is 0 Å². The first kappa shape index (κ1) is 27.2. The van der Waals surface area contributed by atoms with Gasteiger partial charge in [-0.1, -0.05) is 86.3 Å². The number of hydrogen-bond donors (Lipinski definition) is 2. The first-order valence-corrected chi connectivity index (χ1v) is 12.7. The summed E-state index contributed by atoms with van der Waals surface area (Å²) < 4.78 is 36.3. The van der Waals surface area contributed by atoms with Crippen molar-refractivity contribution in [2.45, 2.75) is 56.5 Å². The fraction of sp³-hybridized carbons (Fsp3) is 0.536. The molecular formula is C28H38F3N3O. The van der Waals surface area contributed by atoms with Crippen LogP contribution < -0.4 is 11.1 Å². The van der Waals surface area contributed by atoms with Crippen LogP contribution in [0.4, 0.5) is 13.2 Å². The van der Waals surface area contributed by atoms with Crippen molar-refractivity contribution in [3.05, 3.63) is 71.8 Å². The summed E-state index contributed by atoms with van der Waals surface area (Å²) in [5.41, 5.74) is 7.22. The number of halogens is 3. The molecule has 2 aromatic rings. The summed E-state index contributed by atoms with van der Waals surface area (Å²) >= 11 is 0. The maximum atomic E-state index is 13.1. The normalized spacial score (nSPS) is 17.1. The first-order valence-electron chi connectivity index (χ1n) is 12.7. The number of carbonyl (C=O) groups is 1. The third kappa shape index (κ3) is 7.55. The highest BCUT2D eigenvalue weighted by Gasteiger charge is 2.49. The van der Waals surface area contributed by atoms with Gasteiger partial charge in [-0.3, -0.25) is 4.79 Å². The average molecular weight is 490 g/mol. The van der Waals surface area contributed by atoms with Crippen LogP contribution in [-0.4, -0.2) is 49.7 Å². The number of benzene rings is 2. The molecule has 0 bridgehead atoms. The average Bonchev–Trinajstić information content (AvgIpc) is 3.30. The Balaban J connectivity index is 1.48. The van der Waals surface area contributed by atoms with Gasteiger partial charge in [-0.05, 0) is 55.9 Å². The third-order valence-electron chi connectivity index (χ3n) is 7.14. The van der Waals surface area contributed by atoms with Gasteiger partial charge in [0.2, 0.25) is 5.91 Å². The number of likely N-dealkylation sites (tertiary alicyclic amines) is 1. The van der Waals surface area contributed by atoms with E-state index in [1.165, 1.54) is 0 Å². The topological polar surface area (TPSA) is 58.4 Å². The zero-order valence-corrected chi connectivity index (χ0v) is 20.4. The van der Waals surface area contributed by atoms with Crippen LogP contribution in [0.25, 0.3) is 0 Å². The van der Waals surface area contributed by atoms with Gasteiger partial charge in [-0.25, -0.2) is 0 Å². The van der Waals surface area contributed by atoms with Crippen LogP contribution in [0.5, 0.6) is 0 Å².